The van der Waals surface area contributed by atoms with Crippen LogP contribution in [0.3, 0.4) is 0 Å². The molecule has 0 amide bonds. The fourth-order valence-corrected chi connectivity index (χ4v) is 1.78. The summed E-state index contributed by atoms with van der Waals surface area (Å²) < 4.78 is 13.0. The third-order valence-electron chi connectivity index (χ3n) is 2.88. The Bertz CT molecular complexity index is 490. The second-order valence-corrected chi connectivity index (χ2v) is 4.37. The van der Waals surface area contributed by atoms with Crippen molar-refractivity contribution in [2.75, 3.05) is 6.54 Å². The molecule has 2 aromatic rings. The summed E-state index contributed by atoms with van der Waals surface area (Å²) in [5, 5.41) is 7.50. The number of rotatable bonds is 8. The highest BCUT2D eigenvalue weighted by Crippen LogP contribution is 2.15. The fraction of sp³-hybridized carbons (Fsp3) is 0.500. The van der Waals surface area contributed by atoms with Crippen LogP contribution in [0.5, 0.6) is 5.75 Å². The van der Waals surface area contributed by atoms with Crippen LogP contribution in [0.1, 0.15) is 31.6 Å². The minimum Gasteiger partial charge on any atom is -0.485 e. The first-order valence-electron chi connectivity index (χ1n) is 6.74. The number of hydrogen-bond acceptors (Lipinski definition) is 4. The van der Waals surface area contributed by atoms with Gasteiger partial charge in [0, 0.05) is 12.1 Å². The smallest absolute Gasteiger partial charge is 0.157 e. The Balaban J connectivity index is 1.86. The Labute approximate surface area is 113 Å². The number of aromatic nitrogens is 2. The van der Waals surface area contributed by atoms with Crippen LogP contribution in [-0.2, 0) is 19.7 Å². The first kappa shape index (κ1) is 13.7. The predicted molar refractivity (Wildman–Crippen MR) is 72.9 cm³/mol. The Kier molecular flexibility index (Phi) is 5.03. The lowest BCUT2D eigenvalue weighted by atomic mass is 10.2. The van der Waals surface area contributed by atoms with Gasteiger partial charge in [-0.3, -0.25) is 4.68 Å². The minimum atomic E-state index is 0.509. The summed E-state index contributed by atoms with van der Waals surface area (Å²) in [6.45, 7) is 7.28. The molecule has 2 rings (SSSR count). The highest BCUT2D eigenvalue weighted by molar-refractivity contribution is 5.18. The van der Waals surface area contributed by atoms with Gasteiger partial charge in [0.15, 0.2) is 5.75 Å². The Morgan fingerprint density at radius 3 is 3.05 bits per heavy atom. The van der Waals surface area contributed by atoms with Crippen molar-refractivity contribution < 1.29 is 9.15 Å². The van der Waals surface area contributed by atoms with E-state index < -0.39 is 0 Å². The van der Waals surface area contributed by atoms with Gasteiger partial charge in [0.2, 0.25) is 0 Å². The van der Waals surface area contributed by atoms with Gasteiger partial charge < -0.3 is 14.5 Å². The van der Waals surface area contributed by atoms with Gasteiger partial charge in [-0.25, -0.2) is 0 Å². The Morgan fingerprint density at radius 2 is 2.32 bits per heavy atom. The molecule has 0 aromatic carbocycles. The zero-order valence-electron chi connectivity index (χ0n) is 11.6. The number of ether oxygens (including phenoxy) is 1. The molecule has 0 aliphatic rings. The van der Waals surface area contributed by atoms with Crippen molar-refractivity contribution >= 4 is 0 Å². The van der Waals surface area contributed by atoms with Gasteiger partial charge in [0.05, 0.1) is 25.2 Å². The van der Waals surface area contributed by atoms with Crippen molar-refractivity contribution in [3.63, 3.8) is 0 Å². The highest BCUT2D eigenvalue weighted by Gasteiger charge is 2.07. The van der Waals surface area contributed by atoms with Crippen molar-refractivity contribution in [2.24, 2.45) is 0 Å². The van der Waals surface area contributed by atoms with Crippen LogP contribution in [0.25, 0.3) is 0 Å². The molecule has 104 valence electrons. The van der Waals surface area contributed by atoms with Crippen LogP contribution < -0.4 is 10.1 Å². The van der Waals surface area contributed by atoms with Crippen LogP contribution >= 0.6 is 0 Å². The van der Waals surface area contributed by atoms with E-state index in [1.165, 1.54) is 0 Å². The number of hydrogen-bond donors (Lipinski definition) is 1. The second kappa shape index (κ2) is 6.99. The number of aryl methyl sites for hydroxylation is 1. The molecule has 0 aliphatic heterocycles. The van der Waals surface area contributed by atoms with Crippen LogP contribution in [0, 0.1) is 0 Å². The van der Waals surface area contributed by atoms with Crippen molar-refractivity contribution in [1.82, 2.24) is 15.1 Å². The van der Waals surface area contributed by atoms with E-state index in [0.29, 0.717) is 6.61 Å². The zero-order valence-corrected chi connectivity index (χ0v) is 11.6. The quantitative estimate of drug-likeness (QED) is 0.744. The molecule has 0 aliphatic carbocycles. The maximum atomic E-state index is 5.71. The maximum Gasteiger partial charge on any atom is 0.157 e. The van der Waals surface area contributed by atoms with Crippen LogP contribution in [0.2, 0.25) is 0 Å². The lowest BCUT2D eigenvalue weighted by molar-refractivity contribution is 0.301. The summed E-state index contributed by atoms with van der Waals surface area (Å²) in [5.74, 6) is 1.73. The predicted octanol–water partition coefficient (Wildman–Crippen LogP) is 2.57. The third kappa shape index (κ3) is 3.86. The van der Waals surface area contributed by atoms with Crippen LogP contribution in [-0.4, -0.2) is 16.3 Å². The van der Waals surface area contributed by atoms with Crippen molar-refractivity contribution in [3.8, 4) is 5.75 Å². The molecule has 0 unspecified atom stereocenters. The molecule has 0 radical (unpaired) electrons. The highest BCUT2D eigenvalue weighted by atomic mass is 16.5. The summed E-state index contributed by atoms with van der Waals surface area (Å²) in [7, 11) is 0. The van der Waals surface area contributed by atoms with E-state index in [-0.39, 0.29) is 0 Å². The zero-order chi connectivity index (χ0) is 13.5. The average Bonchev–Trinajstić information content (AvgIpc) is 3.05. The molecule has 2 heterocycles. The molecule has 5 heteroatoms. The summed E-state index contributed by atoms with van der Waals surface area (Å²) in [4.78, 5) is 0. The summed E-state index contributed by atoms with van der Waals surface area (Å²) in [6, 6.07) is 1.95. The summed E-state index contributed by atoms with van der Waals surface area (Å²) in [5.41, 5.74) is 1.08. The van der Waals surface area contributed by atoms with Crippen LogP contribution in [0.15, 0.2) is 29.1 Å². The SMILES string of the molecule is CCCNCc1occc1COc1cnn(CC)c1. The second-order valence-electron chi connectivity index (χ2n) is 4.37. The number of nitrogens with zero attached hydrogens (tertiary/aromatic N) is 2. The first-order valence-corrected chi connectivity index (χ1v) is 6.74. The standard InChI is InChI=1S/C14H21N3O2/c1-3-6-15-9-14-12(5-7-18-14)11-19-13-8-16-17(4-2)10-13/h5,7-8,10,15H,3-4,6,9,11H2,1-2H3. The van der Waals surface area contributed by atoms with E-state index in [1.807, 2.05) is 23.9 Å². The van der Waals surface area contributed by atoms with E-state index >= 15 is 0 Å². The number of furan rings is 1. The van der Waals surface area contributed by atoms with E-state index in [2.05, 4.69) is 17.3 Å². The summed E-state index contributed by atoms with van der Waals surface area (Å²) in [6.07, 6.45) is 6.45. The molecule has 0 spiro atoms. The molecule has 0 saturated heterocycles. The van der Waals surface area contributed by atoms with E-state index in [0.717, 1.165) is 43.1 Å². The third-order valence-corrected chi connectivity index (χ3v) is 2.88. The van der Waals surface area contributed by atoms with Gasteiger partial charge in [0.25, 0.3) is 0 Å². The lowest BCUT2D eigenvalue weighted by Crippen LogP contribution is -2.14. The Hall–Kier alpha value is -1.75. The van der Waals surface area contributed by atoms with E-state index in [4.69, 9.17) is 9.15 Å². The fourth-order valence-electron chi connectivity index (χ4n) is 1.78. The van der Waals surface area contributed by atoms with Crippen molar-refractivity contribution in [2.45, 2.75) is 40.0 Å². The van der Waals surface area contributed by atoms with Gasteiger partial charge in [-0.1, -0.05) is 6.92 Å². The summed E-state index contributed by atoms with van der Waals surface area (Å²) >= 11 is 0. The van der Waals surface area contributed by atoms with E-state index in [1.54, 1.807) is 12.5 Å². The molecular formula is C14H21N3O2. The molecule has 0 fully saturated rings. The minimum absolute atomic E-state index is 0.509. The molecular weight excluding hydrogens is 242 g/mol. The molecule has 5 nitrogen and oxygen atoms in total. The normalized spacial score (nSPS) is 10.8. The number of nitrogens with one attached hydrogen (secondary N) is 1. The monoisotopic (exact) mass is 263 g/mol. The first-order chi connectivity index (χ1) is 9.33. The van der Waals surface area contributed by atoms with Crippen molar-refractivity contribution in [3.05, 3.63) is 36.0 Å². The molecule has 0 bridgehead atoms. The van der Waals surface area contributed by atoms with E-state index in [9.17, 15) is 0 Å². The average molecular weight is 263 g/mol. The lowest BCUT2D eigenvalue weighted by Gasteiger charge is -2.05. The Morgan fingerprint density at radius 1 is 1.42 bits per heavy atom. The molecule has 0 atom stereocenters. The van der Waals surface area contributed by atoms with Crippen LogP contribution in [0.4, 0.5) is 0 Å². The molecule has 19 heavy (non-hydrogen) atoms. The van der Waals surface area contributed by atoms with Crippen molar-refractivity contribution in [1.29, 1.82) is 0 Å². The van der Waals surface area contributed by atoms with Gasteiger partial charge in [0.1, 0.15) is 12.4 Å². The van der Waals surface area contributed by atoms with Gasteiger partial charge >= 0.3 is 0 Å². The topological polar surface area (TPSA) is 52.2 Å². The molecule has 0 saturated carbocycles. The van der Waals surface area contributed by atoms with Gasteiger partial charge in [-0.2, -0.15) is 5.10 Å². The largest absolute Gasteiger partial charge is 0.485 e. The molecule has 2 aromatic heterocycles. The maximum absolute atomic E-state index is 5.71. The van der Waals surface area contributed by atoms with Gasteiger partial charge in [-0.15, -0.1) is 0 Å². The molecule has 1 N–H and O–H groups in total. The van der Waals surface area contributed by atoms with Gasteiger partial charge in [-0.05, 0) is 26.0 Å².